The molecule has 2 heterocycles. The molecule has 268 valence electrons. The number of hydrogen-bond donors (Lipinski definition) is 1. The van der Waals surface area contributed by atoms with Crippen molar-refractivity contribution in [2.24, 2.45) is 5.92 Å². The third kappa shape index (κ3) is 6.23. The van der Waals surface area contributed by atoms with Crippen LogP contribution in [-0.4, -0.2) is 95.5 Å². The standard InChI is InChI=1S/C40H42FN7O4/c1-23(43-22-35(49)48-31(21-42)18-29-19-34(29)48)20-40(39-45-44-36(52-39)24-8-12-30(41)13-9-24)32-14-10-27(37(50)46(2)3)16-25(32)6-7-26-17-28(11-15-33(26)40)38(51)47(4)5/h8-17,23,29,31,34,43H,6-7,18-20,22H2,1-5H3/t23-,29-,31?,34+/m1/s1. The van der Waals surface area contributed by atoms with Crippen LogP contribution in [0.25, 0.3) is 11.5 Å². The molecule has 2 aliphatic carbocycles. The second-order valence-electron chi connectivity index (χ2n) is 14.7. The molecule has 0 bridgehead atoms. The highest BCUT2D eigenvalue weighted by molar-refractivity contribution is 5.95. The molecule has 52 heavy (non-hydrogen) atoms. The Labute approximate surface area is 302 Å². The van der Waals surface area contributed by atoms with Crippen LogP contribution in [0.5, 0.6) is 0 Å². The normalized spacial score (nSPS) is 20.1. The van der Waals surface area contributed by atoms with Crippen molar-refractivity contribution in [3.8, 4) is 17.5 Å². The van der Waals surface area contributed by atoms with E-state index in [9.17, 15) is 24.0 Å². The second kappa shape index (κ2) is 13.6. The minimum atomic E-state index is -1.09. The van der Waals surface area contributed by atoms with Crippen LogP contribution >= 0.6 is 0 Å². The zero-order valence-corrected chi connectivity index (χ0v) is 30.0. The van der Waals surface area contributed by atoms with Crippen LogP contribution in [0.1, 0.15) is 75.0 Å². The molecule has 0 radical (unpaired) electrons. The number of aryl methyl sites for hydroxylation is 2. The quantitative estimate of drug-likeness (QED) is 0.268. The molecule has 1 saturated heterocycles. The number of piperidine rings is 1. The van der Waals surface area contributed by atoms with Crippen molar-refractivity contribution in [2.45, 2.75) is 62.6 Å². The third-order valence-electron chi connectivity index (χ3n) is 10.7. The van der Waals surface area contributed by atoms with Gasteiger partial charge in [0.05, 0.1) is 12.6 Å². The Morgan fingerprint density at radius 3 is 2.10 bits per heavy atom. The van der Waals surface area contributed by atoms with E-state index in [1.807, 2.05) is 43.3 Å². The number of amides is 3. The lowest BCUT2D eigenvalue weighted by atomic mass is 9.68. The first kappa shape index (κ1) is 35.0. The van der Waals surface area contributed by atoms with E-state index in [1.54, 1.807) is 45.2 Å². The summed E-state index contributed by atoms with van der Waals surface area (Å²) in [6.07, 6.45) is 3.18. The zero-order valence-electron chi connectivity index (χ0n) is 30.0. The Morgan fingerprint density at radius 2 is 1.54 bits per heavy atom. The van der Waals surface area contributed by atoms with Gasteiger partial charge in [-0.05, 0) is 116 Å². The van der Waals surface area contributed by atoms with Crippen molar-refractivity contribution in [1.29, 1.82) is 5.26 Å². The summed E-state index contributed by atoms with van der Waals surface area (Å²) >= 11 is 0. The van der Waals surface area contributed by atoms with Crippen molar-refractivity contribution < 1.29 is 23.2 Å². The topological polar surface area (TPSA) is 136 Å². The van der Waals surface area contributed by atoms with Gasteiger partial charge in [-0.3, -0.25) is 14.4 Å². The number of carbonyl (C=O) groups excluding carboxylic acids is 3. The maximum Gasteiger partial charge on any atom is 0.253 e. The summed E-state index contributed by atoms with van der Waals surface area (Å²) in [7, 11) is 6.86. The Hall–Kier alpha value is -5.41. The molecule has 4 atom stereocenters. The zero-order chi connectivity index (χ0) is 36.9. The fourth-order valence-electron chi connectivity index (χ4n) is 8.09. The van der Waals surface area contributed by atoms with Gasteiger partial charge >= 0.3 is 0 Å². The van der Waals surface area contributed by atoms with Gasteiger partial charge in [-0.2, -0.15) is 5.26 Å². The first-order valence-corrected chi connectivity index (χ1v) is 17.7. The van der Waals surface area contributed by atoms with Crippen LogP contribution in [0.4, 0.5) is 4.39 Å². The maximum absolute atomic E-state index is 13.9. The number of likely N-dealkylation sites (tertiary alicyclic amines) is 1. The Balaban J connectivity index is 1.36. The van der Waals surface area contributed by atoms with E-state index in [4.69, 9.17) is 4.42 Å². The molecule has 2 fully saturated rings. The van der Waals surface area contributed by atoms with Gasteiger partial charge in [0.1, 0.15) is 17.3 Å². The van der Waals surface area contributed by atoms with Gasteiger partial charge in [0.15, 0.2) is 0 Å². The lowest BCUT2D eigenvalue weighted by Crippen LogP contribution is -2.46. The van der Waals surface area contributed by atoms with Crippen LogP contribution in [0.3, 0.4) is 0 Å². The molecular formula is C40H42FN7O4. The van der Waals surface area contributed by atoms with Crippen LogP contribution in [0.2, 0.25) is 0 Å². The van der Waals surface area contributed by atoms with Gasteiger partial charge < -0.3 is 24.4 Å². The fraction of sp³-hybridized carbons (Fsp3) is 0.400. The van der Waals surface area contributed by atoms with E-state index in [2.05, 4.69) is 21.6 Å². The minimum Gasteiger partial charge on any atom is -0.419 e. The highest BCUT2D eigenvalue weighted by Gasteiger charge is 2.54. The van der Waals surface area contributed by atoms with Crippen LogP contribution in [0, 0.1) is 23.1 Å². The van der Waals surface area contributed by atoms with E-state index in [0.29, 0.717) is 47.8 Å². The molecule has 3 aliphatic rings. The number of nitrogens with one attached hydrogen (secondary N) is 1. The molecule has 0 spiro atoms. The molecule has 1 saturated carbocycles. The van der Waals surface area contributed by atoms with E-state index in [-0.39, 0.29) is 48.1 Å². The predicted molar refractivity (Wildman–Crippen MR) is 191 cm³/mol. The van der Waals surface area contributed by atoms with Gasteiger partial charge in [-0.15, -0.1) is 10.2 Å². The predicted octanol–water partition coefficient (Wildman–Crippen LogP) is 4.59. The van der Waals surface area contributed by atoms with Gasteiger partial charge in [0.25, 0.3) is 11.8 Å². The fourth-order valence-corrected chi connectivity index (χ4v) is 8.09. The molecule has 7 rings (SSSR count). The average molecular weight is 704 g/mol. The SMILES string of the molecule is C[C@H](CC1(c2nnc(-c3ccc(F)cc3)o2)c2ccc(C(=O)N(C)C)cc2CCc2cc(C(=O)N(C)C)ccc21)NCC(=O)N1C(C#N)C[C@@H]2C[C@@H]21. The van der Waals surface area contributed by atoms with Crippen molar-refractivity contribution in [2.75, 3.05) is 34.7 Å². The molecule has 1 aliphatic heterocycles. The average Bonchev–Trinajstić information content (AvgIpc) is 3.57. The molecule has 4 aromatic rings. The number of benzene rings is 3. The van der Waals surface area contributed by atoms with Crippen LogP contribution in [-0.2, 0) is 23.1 Å². The van der Waals surface area contributed by atoms with E-state index >= 15 is 0 Å². The summed E-state index contributed by atoms with van der Waals surface area (Å²) in [5, 5.41) is 22.3. The number of rotatable bonds is 9. The summed E-state index contributed by atoms with van der Waals surface area (Å²) in [4.78, 5) is 44.7. The molecular weight excluding hydrogens is 661 g/mol. The molecule has 1 aromatic heterocycles. The molecule has 3 amide bonds. The van der Waals surface area contributed by atoms with Gasteiger partial charge in [-0.25, -0.2) is 4.39 Å². The van der Waals surface area contributed by atoms with Gasteiger partial charge in [-0.1, -0.05) is 12.1 Å². The summed E-state index contributed by atoms with van der Waals surface area (Å²) in [5.41, 5.74) is 4.11. The number of fused-ring (bicyclic) bond motifs is 3. The lowest BCUT2D eigenvalue weighted by molar-refractivity contribution is -0.131. The number of nitriles is 1. The number of nitrogens with zero attached hydrogens (tertiary/aromatic N) is 6. The minimum absolute atomic E-state index is 0.0512. The second-order valence-corrected chi connectivity index (χ2v) is 14.7. The van der Waals surface area contributed by atoms with Gasteiger partial charge in [0, 0.05) is 57.0 Å². The third-order valence-corrected chi connectivity index (χ3v) is 10.7. The summed E-state index contributed by atoms with van der Waals surface area (Å²) in [5.74, 6) is 0.165. The highest BCUT2D eigenvalue weighted by Crippen LogP contribution is 2.49. The van der Waals surface area contributed by atoms with E-state index < -0.39 is 11.5 Å². The van der Waals surface area contributed by atoms with E-state index in [1.165, 1.54) is 21.9 Å². The van der Waals surface area contributed by atoms with Crippen LogP contribution in [0.15, 0.2) is 65.1 Å². The molecule has 12 heteroatoms. The first-order chi connectivity index (χ1) is 24.9. The molecule has 3 aromatic carbocycles. The molecule has 11 nitrogen and oxygen atoms in total. The monoisotopic (exact) mass is 703 g/mol. The smallest absolute Gasteiger partial charge is 0.253 e. The van der Waals surface area contributed by atoms with Crippen molar-refractivity contribution in [1.82, 2.24) is 30.2 Å². The maximum atomic E-state index is 13.9. The van der Waals surface area contributed by atoms with Gasteiger partial charge in [0.2, 0.25) is 17.7 Å². The summed E-state index contributed by atoms with van der Waals surface area (Å²) in [6, 6.07) is 18.9. The summed E-state index contributed by atoms with van der Waals surface area (Å²) < 4.78 is 20.5. The largest absolute Gasteiger partial charge is 0.419 e. The lowest BCUT2D eigenvalue weighted by Gasteiger charge is -2.36. The molecule has 1 unspecified atom stereocenters. The number of aromatic nitrogens is 2. The van der Waals surface area contributed by atoms with Crippen molar-refractivity contribution >= 4 is 17.7 Å². The number of halogens is 1. The molecule has 1 N–H and O–H groups in total. The van der Waals surface area contributed by atoms with Crippen LogP contribution < -0.4 is 5.32 Å². The Morgan fingerprint density at radius 1 is 0.942 bits per heavy atom. The number of carbonyl (C=O) groups is 3. The Bertz CT molecular complexity index is 2010. The Kier molecular flexibility index (Phi) is 9.17. The van der Waals surface area contributed by atoms with Crippen molar-refractivity contribution in [3.05, 3.63) is 106 Å². The first-order valence-electron chi connectivity index (χ1n) is 17.7. The van der Waals surface area contributed by atoms with E-state index in [0.717, 1.165) is 35.1 Å². The highest BCUT2D eigenvalue weighted by atomic mass is 19.1. The number of hydrogen-bond acceptors (Lipinski definition) is 8. The van der Waals surface area contributed by atoms with Crippen molar-refractivity contribution in [3.63, 3.8) is 0 Å². The summed E-state index contributed by atoms with van der Waals surface area (Å²) in [6.45, 7) is 2.05.